The molecule has 1 aliphatic heterocycles. The predicted molar refractivity (Wildman–Crippen MR) is 80.6 cm³/mol. The van der Waals surface area contributed by atoms with Gasteiger partial charge in [-0.2, -0.15) is 5.26 Å². The molecular weight excluding hydrogens is 303 g/mol. The minimum atomic E-state index is -1.09. The van der Waals surface area contributed by atoms with E-state index < -0.39 is 18.1 Å². The lowest BCUT2D eigenvalue weighted by molar-refractivity contribution is 0.100. The van der Waals surface area contributed by atoms with E-state index in [1.165, 1.54) is 16.2 Å². The molecular formula is C15H13FN4OS. The van der Waals surface area contributed by atoms with Gasteiger partial charge in [0.25, 0.3) is 0 Å². The summed E-state index contributed by atoms with van der Waals surface area (Å²) in [5, 5.41) is 9.65. The van der Waals surface area contributed by atoms with E-state index in [0.29, 0.717) is 23.5 Å². The summed E-state index contributed by atoms with van der Waals surface area (Å²) < 4.78 is 14.0. The molecule has 2 aromatic rings. The van der Waals surface area contributed by atoms with Gasteiger partial charge >= 0.3 is 0 Å². The van der Waals surface area contributed by atoms with Crippen LogP contribution >= 0.6 is 11.3 Å². The molecule has 22 heavy (non-hydrogen) atoms. The van der Waals surface area contributed by atoms with E-state index in [-0.39, 0.29) is 0 Å². The van der Waals surface area contributed by atoms with Crippen molar-refractivity contribution in [2.45, 2.75) is 18.6 Å². The van der Waals surface area contributed by atoms with Crippen LogP contribution in [0.15, 0.2) is 30.5 Å². The Kier molecular flexibility index (Phi) is 3.77. The van der Waals surface area contributed by atoms with E-state index in [2.05, 4.69) is 4.98 Å². The van der Waals surface area contributed by atoms with Crippen molar-refractivity contribution >= 4 is 17.2 Å². The van der Waals surface area contributed by atoms with Crippen LogP contribution < -0.4 is 5.73 Å². The largest absolute Gasteiger partial charge is 0.366 e. The monoisotopic (exact) mass is 316 g/mol. The third-order valence-electron chi connectivity index (χ3n) is 3.66. The van der Waals surface area contributed by atoms with Crippen molar-refractivity contribution in [1.29, 1.82) is 5.26 Å². The maximum Gasteiger partial charge on any atom is 0.248 e. The number of hydrogen-bond donors (Lipinski definition) is 1. The molecule has 0 radical (unpaired) electrons. The average molecular weight is 316 g/mol. The van der Waals surface area contributed by atoms with Crippen molar-refractivity contribution in [3.05, 3.63) is 41.0 Å². The molecule has 2 atom stereocenters. The first-order valence-electron chi connectivity index (χ1n) is 6.76. The lowest BCUT2D eigenvalue weighted by Gasteiger charge is -2.16. The topological polar surface area (TPSA) is 83.0 Å². The number of halogens is 1. The molecule has 1 fully saturated rings. The fourth-order valence-electron chi connectivity index (χ4n) is 2.54. The third-order valence-corrected chi connectivity index (χ3v) is 4.78. The molecule has 3 rings (SSSR count). The molecule has 2 N–H and O–H groups in total. The molecule has 5 nitrogen and oxygen atoms in total. The number of likely N-dealkylation sites (tertiary alicyclic amines) is 1. The number of aromatic nitrogens is 1. The van der Waals surface area contributed by atoms with Crippen LogP contribution in [0.25, 0.3) is 10.4 Å². The van der Waals surface area contributed by atoms with E-state index in [1.807, 2.05) is 12.3 Å². The highest BCUT2D eigenvalue weighted by molar-refractivity contribution is 7.15. The Morgan fingerprint density at radius 2 is 2.36 bits per heavy atom. The second kappa shape index (κ2) is 5.73. The number of carbonyl (C=O) groups excluding carboxylic acids is 1. The molecule has 2 heterocycles. The molecule has 0 spiro atoms. The van der Waals surface area contributed by atoms with Crippen LogP contribution in [0.4, 0.5) is 4.39 Å². The second-order valence-corrected chi connectivity index (χ2v) is 6.11. The summed E-state index contributed by atoms with van der Waals surface area (Å²) in [6.07, 6.45) is 2.90. The average Bonchev–Trinajstić information content (AvgIpc) is 3.13. The number of primary amides is 1. The normalized spacial score (nSPS) is 20.8. The van der Waals surface area contributed by atoms with Gasteiger partial charge in [0.2, 0.25) is 5.91 Å². The van der Waals surface area contributed by atoms with Crippen LogP contribution in [0.2, 0.25) is 0 Å². The number of nitriles is 1. The van der Waals surface area contributed by atoms with Crippen molar-refractivity contribution in [3.8, 4) is 16.6 Å². The summed E-state index contributed by atoms with van der Waals surface area (Å²) in [5.74, 6) is -0.498. The molecule has 2 unspecified atom stereocenters. The fraction of sp³-hybridized carbons (Fsp3) is 0.267. The predicted octanol–water partition coefficient (Wildman–Crippen LogP) is 2.47. The smallest absolute Gasteiger partial charge is 0.248 e. The minimum absolute atomic E-state index is 0.338. The number of thiazole rings is 1. The Hall–Kier alpha value is -2.46. The number of benzene rings is 1. The van der Waals surface area contributed by atoms with Crippen molar-refractivity contribution < 1.29 is 9.18 Å². The van der Waals surface area contributed by atoms with Gasteiger partial charge in [-0.1, -0.05) is 12.1 Å². The molecule has 7 heteroatoms. The minimum Gasteiger partial charge on any atom is -0.366 e. The maximum absolute atomic E-state index is 14.0. The van der Waals surface area contributed by atoms with E-state index in [9.17, 15) is 9.18 Å². The van der Waals surface area contributed by atoms with Gasteiger partial charge < -0.3 is 5.73 Å². The molecule has 1 aromatic carbocycles. The summed E-state index contributed by atoms with van der Waals surface area (Å²) in [4.78, 5) is 17.7. The van der Waals surface area contributed by atoms with E-state index in [0.717, 1.165) is 10.4 Å². The molecule has 0 bridgehead atoms. The van der Waals surface area contributed by atoms with E-state index in [1.54, 1.807) is 24.4 Å². The summed E-state index contributed by atoms with van der Waals surface area (Å²) in [5.41, 5.74) is 6.49. The van der Waals surface area contributed by atoms with Gasteiger partial charge in [-0.25, -0.2) is 9.37 Å². The molecule has 1 aliphatic rings. The Labute approximate surface area is 130 Å². The van der Waals surface area contributed by atoms with Gasteiger partial charge in [0, 0.05) is 18.3 Å². The first-order valence-corrected chi connectivity index (χ1v) is 7.58. The van der Waals surface area contributed by atoms with Crippen molar-refractivity contribution in [2.75, 3.05) is 6.54 Å². The zero-order chi connectivity index (χ0) is 15.7. The van der Waals surface area contributed by atoms with Gasteiger partial charge in [0.15, 0.2) is 6.19 Å². The third kappa shape index (κ3) is 2.53. The van der Waals surface area contributed by atoms with Gasteiger partial charge in [-0.15, -0.1) is 11.3 Å². The summed E-state index contributed by atoms with van der Waals surface area (Å²) in [6.45, 7) is 0.411. The standard InChI is InChI=1S/C15H13FN4OS/c16-11-4-5-20(8-17)13(11)15-19-7-12(22-15)9-2-1-3-10(6-9)14(18)21/h1-3,6-7,11,13H,4-5H2,(H2,18,21). The van der Waals surface area contributed by atoms with Crippen LogP contribution in [-0.4, -0.2) is 28.5 Å². The van der Waals surface area contributed by atoms with Crippen molar-refractivity contribution in [2.24, 2.45) is 5.73 Å². The number of nitrogens with two attached hydrogens (primary N) is 1. The second-order valence-electron chi connectivity index (χ2n) is 5.05. The lowest BCUT2D eigenvalue weighted by Crippen LogP contribution is -2.20. The first-order chi connectivity index (χ1) is 10.6. The highest BCUT2D eigenvalue weighted by Gasteiger charge is 2.37. The van der Waals surface area contributed by atoms with E-state index in [4.69, 9.17) is 11.0 Å². The van der Waals surface area contributed by atoms with Crippen LogP contribution in [0.5, 0.6) is 0 Å². The Morgan fingerprint density at radius 1 is 1.55 bits per heavy atom. The van der Waals surface area contributed by atoms with Crippen LogP contribution in [-0.2, 0) is 0 Å². The van der Waals surface area contributed by atoms with Gasteiger partial charge in [-0.3, -0.25) is 9.69 Å². The van der Waals surface area contributed by atoms with Gasteiger partial charge in [0.1, 0.15) is 17.2 Å². The summed E-state index contributed by atoms with van der Waals surface area (Å²) >= 11 is 1.33. The highest BCUT2D eigenvalue weighted by atomic mass is 32.1. The molecule has 1 amide bonds. The number of carbonyl (C=O) groups is 1. The Bertz CT molecular complexity index is 754. The van der Waals surface area contributed by atoms with Gasteiger partial charge in [-0.05, 0) is 24.1 Å². The van der Waals surface area contributed by atoms with Crippen LogP contribution in [0.1, 0.15) is 27.8 Å². The fourth-order valence-corrected chi connectivity index (χ4v) is 3.61. The first kappa shape index (κ1) is 14.5. The summed E-state index contributed by atoms with van der Waals surface area (Å²) in [6, 6.07) is 6.29. The number of rotatable bonds is 3. The van der Waals surface area contributed by atoms with Gasteiger partial charge in [0.05, 0.1) is 4.88 Å². The van der Waals surface area contributed by atoms with E-state index >= 15 is 0 Å². The zero-order valence-electron chi connectivity index (χ0n) is 11.6. The van der Waals surface area contributed by atoms with Crippen LogP contribution in [0.3, 0.4) is 0 Å². The highest BCUT2D eigenvalue weighted by Crippen LogP contribution is 2.38. The number of hydrogen-bond acceptors (Lipinski definition) is 5. The van der Waals surface area contributed by atoms with Crippen molar-refractivity contribution in [1.82, 2.24) is 9.88 Å². The Morgan fingerprint density at radius 3 is 3.09 bits per heavy atom. The zero-order valence-corrected chi connectivity index (χ0v) is 12.4. The molecule has 0 aliphatic carbocycles. The molecule has 1 saturated heterocycles. The maximum atomic E-state index is 14.0. The molecule has 0 saturated carbocycles. The van der Waals surface area contributed by atoms with Crippen LogP contribution in [0, 0.1) is 11.5 Å². The number of nitrogens with zero attached hydrogens (tertiary/aromatic N) is 3. The SMILES string of the molecule is N#CN1CCC(F)C1c1ncc(-c2cccc(C(N)=O)c2)s1. The Balaban J connectivity index is 1.93. The molecule has 112 valence electrons. The quantitative estimate of drug-likeness (QED) is 0.882. The summed E-state index contributed by atoms with van der Waals surface area (Å²) in [7, 11) is 0. The number of alkyl halides is 1. The number of amides is 1. The lowest BCUT2D eigenvalue weighted by atomic mass is 10.1. The molecule has 1 aromatic heterocycles. The van der Waals surface area contributed by atoms with Crippen molar-refractivity contribution in [3.63, 3.8) is 0 Å².